The predicted octanol–water partition coefficient (Wildman–Crippen LogP) is -0.441. The number of hydrogen-bond donors (Lipinski definition) is 2. The lowest BCUT2D eigenvalue weighted by Gasteiger charge is -2.31. The van der Waals surface area contributed by atoms with Crippen LogP contribution in [-0.4, -0.2) is 49.1 Å². The Morgan fingerprint density at radius 1 is 1.43 bits per heavy atom. The van der Waals surface area contributed by atoms with Crippen LogP contribution in [0.1, 0.15) is 19.8 Å². The van der Waals surface area contributed by atoms with Crippen molar-refractivity contribution in [1.29, 1.82) is 0 Å². The van der Waals surface area contributed by atoms with E-state index in [9.17, 15) is 4.79 Å². The van der Waals surface area contributed by atoms with Gasteiger partial charge in [0.05, 0.1) is 6.04 Å². The number of rotatable bonds is 3. The largest absolute Gasteiger partial charge is 0.352 e. The summed E-state index contributed by atoms with van der Waals surface area (Å²) in [4.78, 5) is 14.0. The molecule has 0 aromatic heterocycles. The third kappa shape index (κ3) is 2.45. The fraction of sp³-hybridized carbons (Fsp3) is 0.900. The van der Waals surface area contributed by atoms with Crippen LogP contribution in [0.2, 0.25) is 0 Å². The second kappa shape index (κ2) is 4.28. The van der Waals surface area contributed by atoms with Gasteiger partial charge in [0.1, 0.15) is 0 Å². The first-order valence-electron chi connectivity index (χ1n) is 5.52. The molecule has 1 amide bonds. The summed E-state index contributed by atoms with van der Waals surface area (Å²) in [5.74, 6) is 0.203. The van der Waals surface area contributed by atoms with Gasteiger partial charge in [-0.2, -0.15) is 0 Å². The highest BCUT2D eigenvalue weighted by molar-refractivity contribution is 5.81. The van der Waals surface area contributed by atoms with Crippen molar-refractivity contribution in [3.8, 4) is 0 Å². The molecule has 1 aliphatic heterocycles. The molecule has 1 saturated carbocycles. The Morgan fingerprint density at radius 3 is 2.64 bits per heavy atom. The summed E-state index contributed by atoms with van der Waals surface area (Å²) in [6.45, 7) is 5.98. The van der Waals surface area contributed by atoms with Crippen molar-refractivity contribution in [1.82, 2.24) is 15.5 Å². The van der Waals surface area contributed by atoms with Crippen molar-refractivity contribution >= 4 is 5.91 Å². The molecule has 2 aliphatic rings. The van der Waals surface area contributed by atoms with Gasteiger partial charge in [0.2, 0.25) is 5.91 Å². The van der Waals surface area contributed by atoms with Gasteiger partial charge < -0.3 is 10.6 Å². The molecule has 0 spiro atoms. The van der Waals surface area contributed by atoms with Crippen molar-refractivity contribution in [2.45, 2.75) is 31.8 Å². The zero-order valence-corrected chi connectivity index (χ0v) is 8.75. The molecule has 0 aromatic carbocycles. The molecule has 4 heteroatoms. The molecule has 0 bridgehead atoms. The molecule has 1 atom stereocenters. The first-order valence-corrected chi connectivity index (χ1v) is 5.52. The van der Waals surface area contributed by atoms with Crippen molar-refractivity contribution in [2.24, 2.45) is 0 Å². The number of carbonyl (C=O) groups is 1. The molecule has 1 heterocycles. The summed E-state index contributed by atoms with van der Waals surface area (Å²) in [6.07, 6.45) is 2.33. The van der Waals surface area contributed by atoms with Gasteiger partial charge in [-0.15, -0.1) is 0 Å². The van der Waals surface area contributed by atoms with E-state index in [0.717, 1.165) is 26.2 Å². The van der Waals surface area contributed by atoms with E-state index in [1.165, 1.54) is 12.8 Å². The molecule has 80 valence electrons. The number of piperazine rings is 1. The number of nitrogens with zero attached hydrogens (tertiary/aromatic N) is 1. The smallest absolute Gasteiger partial charge is 0.237 e. The van der Waals surface area contributed by atoms with Crippen LogP contribution in [0, 0.1) is 0 Å². The van der Waals surface area contributed by atoms with Crippen molar-refractivity contribution < 1.29 is 4.79 Å². The maximum absolute atomic E-state index is 11.7. The van der Waals surface area contributed by atoms with Crippen LogP contribution in [0.5, 0.6) is 0 Å². The van der Waals surface area contributed by atoms with Crippen LogP contribution in [0.15, 0.2) is 0 Å². The number of amides is 1. The maximum atomic E-state index is 11.7. The van der Waals surface area contributed by atoms with Crippen LogP contribution >= 0.6 is 0 Å². The SMILES string of the molecule is CC(C(=O)NC1CC1)N1CCNCC1. The quantitative estimate of drug-likeness (QED) is 0.644. The monoisotopic (exact) mass is 197 g/mol. The van der Waals surface area contributed by atoms with Crippen LogP contribution in [-0.2, 0) is 4.79 Å². The lowest BCUT2D eigenvalue weighted by atomic mass is 10.2. The van der Waals surface area contributed by atoms with Gasteiger partial charge in [-0.25, -0.2) is 0 Å². The lowest BCUT2D eigenvalue weighted by molar-refractivity contribution is -0.126. The molecule has 0 radical (unpaired) electrons. The third-order valence-corrected chi connectivity index (χ3v) is 3.00. The number of hydrogen-bond acceptors (Lipinski definition) is 3. The fourth-order valence-electron chi connectivity index (χ4n) is 1.78. The van der Waals surface area contributed by atoms with Crippen LogP contribution < -0.4 is 10.6 Å². The Hall–Kier alpha value is -0.610. The summed E-state index contributed by atoms with van der Waals surface area (Å²) in [6, 6.07) is 0.519. The molecule has 4 nitrogen and oxygen atoms in total. The van der Waals surface area contributed by atoms with Gasteiger partial charge in [-0.05, 0) is 19.8 Å². The normalized spacial score (nSPS) is 25.8. The van der Waals surface area contributed by atoms with Gasteiger partial charge in [0.15, 0.2) is 0 Å². The van der Waals surface area contributed by atoms with E-state index in [1.807, 2.05) is 6.92 Å². The average Bonchev–Trinajstić information content (AvgIpc) is 3.02. The van der Waals surface area contributed by atoms with Gasteiger partial charge in [-0.3, -0.25) is 9.69 Å². The molecular formula is C10H19N3O. The highest BCUT2D eigenvalue weighted by Gasteiger charge is 2.28. The first-order chi connectivity index (χ1) is 6.77. The van der Waals surface area contributed by atoms with Crippen molar-refractivity contribution in [3.05, 3.63) is 0 Å². The number of carbonyl (C=O) groups excluding carboxylic acids is 1. The zero-order valence-electron chi connectivity index (χ0n) is 8.75. The summed E-state index contributed by atoms with van der Waals surface area (Å²) in [5, 5.41) is 6.34. The molecule has 2 fully saturated rings. The molecular weight excluding hydrogens is 178 g/mol. The standard InChI is InChI=1S/C10H19N3O/c1-8(10(14)12-9-2-3-9)13-6-4-11-5-7-13/h8-9,11H,2-7H2,1H3,(H,12,14). The van der Waals surface area contributed by atoms with E-state index in [0.29, 0.717) is 6.04 Å². The van der Waals surface area contributed by atoms with E-state index >= 15 is 0 Å². The Labute approximate surface area is 85.0 Å². The molecule has 1 unspecified atom stereocenters. The molecule has 2 N–H and O–H groups in total. The minimum atomic E-state index is 0.0395. The average molecular weight is 197 g/mol. The van der Waals surface area contributed by atoms with Crippen LogP contribution in [0.25, 0.3) is 0 Å². The Kier molecular flexibility index (Phi) is 3.03. The van der Waals surface area contributed by atoms with Gasteiger partial charge in [0.25, 0.3) is 0 Å². The second-order valence-corrected chi connectivity index (χ2v) is 4.24. The van der Waals surface area contributed by atoms with E-state index < -0.39 is 0 Å². The van der Waals surface area contributed by atoms with E-state index in [2.05, 4.69) is 15.5 Å². The molecule has 14 heavy (non-hydrogen) atoms. The minimum absolute atomic E-state index is 0.0395. The minimum Gasteiger partial charge on any atom is -0.352 e. The summed E-state index contributed by atoms with van der Waals surface area (Å²) in [7, 11) is 0. The van der Waals surface area contributed by atoms with Gasteiger partial charge in [0, 0.05) is 32.2 Å². The first kappa shape index (κ1) is 9.93. The molecule has 0 aromatic rings. The van der Waals surface area contributed by atoms with Crippen molar-refractivity contribution in [2.75, 3.05) is 26.2 Å². The zero-order chi connectivity index (χ0) is 9.97. The van der Waals surface area contributed by atoms with Crippen LogP contribution in [0.4, 0.5) is 0 Å². The van der Waals surface area contributed by atoms with E-state index in [4.69, 9.17) is 0 Å². The molecule has 2 rings (SSSR count). The summed E-state index contributed by atoms with van der Waals surface area (Å²) >= 11 is 0. The summed E-state index contributed by atoms with van der Waals surface area (Å²) < 4.78 is 0. The third-order valence-electron chi connectivity index (χ3n) is 3.00. The maximum Gasteiger partial charge on any atom is 0.237 e. The summed E-state index contributed by atoms with van der Waals surface area (Å²) in [5.41, 5.74) is 0. The van der Waals surface area contributed by atoms with E-state index in [1.54, 1.807) is 0 Å². The number of nitrogens with one attached hydrogen (secondary N) is 2. The Bertz CT molecular complexity index is 209. The highest BCUT2D eigenvalue weighted by Crippen LogP contribution is 2.19. The van der Waals surface area contributed by atoms with E-state index in [-0.39, 0.29) is 11.9 Å². The second-order valence-electron chi connectivity index (χ2n) is 4.24. The fourth-order valence-corrected chi connectivity index (χ4v) is 1.78. The van der Waals surface area contributed by atoms with Crippen molar-refractivity contribution in [3.63, 3.8) is 0 Å². The van der Waals surface area contributed by atoms with Gasteiger partial charge >= 0.3 is 0 Å². The molecule has 1 aliphatic carbocycles. The topological polar surface area (TPSA) is 44.4 Å². The van der Waals surface area contributed by atoms with Crippen LogP contribution in [0.3, 0.4) is 0 Å². The predicted molar refractivity (Wildman–Crippen MR) is 55.1 cm³/mol. The Morgan fingerprint density at radius 2 is 2.07 bits per heavy atom. The Balaban J connectivity index is 1.78. The highest BCUT2D eigenvalue weighted by atomic mass is 16.2. The molecule has 1 saturated heterocycles. The lowest BCUT2D eigenvalue weighted by Crippen LogP contribution is -2.52. The van der Waals surface area contributed by atoms with Gasteiger partial charge in [-0.1, -0.05) is 0 Å².